The third-order valence-electron chi connectivity index (χ3n) is 6.86. The highest BCUT2D eigenvalue weighted by Crippen LogP contribution is 2.15. The van der Waals surface area contributed by atoms with E-state index >= 15 is 0 Å². The Kier molecular flexibility index (Phi) is 31.2. The quantitative estimate of drug-likeness (QED) is 0.0583. The fraction of sp³-hybridized carbons (Fsp3) is 0.833. The molecule has 47 heavy (non-hydrogen) atoms. The minimum Gasteiger partial charge on any atom is -0.491 e. The summed E-state index contributed by atoms with van der Waals surface area (Å²) in [5, 5.41) is 0. The Hall–Kier alpha value is -1.12. The lowest BCUT2D eigenvalue weighted by Gasteiger charge is -2.16. The molecule has 11 heteroatoms. The number of unbranched alkanes of at least 4 members (excludes halogenated alkanes) is 6. The third kappa shape index (κ3) is 33.2. The van der Waals surface area contributed by atoms with E-state index in [1.165, 1.54) is 50.5 Å². The van der Waals surface area contributed by atoms with Gasteiger partial charge in [-0.05, 0) is 50.2 Å². The van der Waals surface area contributed by atoms with Crippen molar-refractivity contribution in [2.45, 2.75) is 77.9 Å². The Morgan fingerprint density at radius 2 is 0.745 bits per heavy atom. The summed E-state index contributed by atoms with van der Waals surface area (Å²) in [6.45, 7) is 18.6. The molecule has 0 aliphatic carbocycles. The number of hydrogen-bond donors (Lipinski definition) is 0. The molecule has 276 valence electrons. The fourth-order valence-corrected chi connectivity index (χ4v) is 5.00. The first-order valence-electron chi connectivity index (χ1n) is 18.0. The summed E-state index contributed by atoms with van der Waals surface area (Å²) in [5.41, 5.74) is 1.38. The van der Waals surface area contributed by atoms with E-state index in [9.17, 15) is 0 Å². The van der Waals surface area contributed by atoms with Crippen LogP contribution in [-0.2, 0) is 48.7 Å². The van der Waals surface area contributed by atoms with Gasteiger partial charge in [0.1, 0.15) is 12.4 Å². The topological polar surface area (TPSA) is 92.3 Å². The predicted molar refractivity (Wildman–Crippen MR) is 189 cm³/mol. The highest BCUT2D eigenvalue weighted by molar-refractivity contribution is 6.69. The van der Waals surface area contributed by atoms with Crippen molar-refractivity contribution in [3.8, 4) is 5.75 Å². The zero-order chi connectivity index (χ0) is 33.9. The molecule has 0 aliphatic rings. The van der Waals surface area contributed by atoms with Crippen LogP contribution >= 0.6 is 0 Å². The minimum atomic E-state index is -1.45. The Morgan fingerprint density at radius 3 is 1.13 bits per heavy atom. The molecule has 0 heterocycles. The maximum atomic E-state index is 5.78. The highest BCUT2D eigenvalue weighted by Gasteiger charge is 2.13. The number of rotatable bonds is 37. The van der Waals surface area contributed by atoms with Crippen molar-refractivity contribution in [3.63, 3.8) is 0 Å². The molecule has 0 saturated carbocycles. The van der Waals surface area contributed by atoms with Gasteiger partial charge in [-0.15, -0.1) is 0 Å². The van der Waals surface area contributed by atoms with Gasteiger partial charge in [0, 0.05) is 0 Å². The summed E-state index contributed by atoms with van der Waals surface area (Å²) in [7, 11) is -1.45. The molecule has 0 N–H and O–H groups in total. The molecule has 0 bridgehead atoms. The second kappa shape index (κ2) is 33.4. The molecule has 10 nitrogen and oxygen atoms in total. The number of benzene rings is 1. The lowest BCUT2D eigenvalue weighted by atomic mass is 10.0. The van der Waals surface area contributed by atoms with Crippen LogP contribution < -0.4 is 4.74 Å². The van der Waals surface area contributed by atoms with Crippen molar-refractivity contribution in [1.29, 1.82) is 0 Å². The Labute approximate surface area is 287 Å². The maximum Gasteiger partial charge on any atom is 0.183 e. The molecule has 0 saturated heterocycles. The number of hydrogen-bond acceptors (Lipinski definition) is 10. The van der Waals surface area contributed by atoms with Gasteiger partial charge in [-0.1, -0.05) is 57.6 Å². The normalized spacial score (nSPS) is 11.8. The van der Waals surface area contributed by atoms with Gasteiger partial charge in [0.25, 0.3) is 0 Å². The van der Waals surface area contributed by atoms with E-state index in [1.54, 1.807) is 0 Å². The van der Waals surface area contributed by atoms with Crippen LogP contribution in [0.25, 0.3) is 0 Å². The summed E-state index contributed by atoms with van der Waals surface area (Å²) < 4.78 is 55.6. The Balaban J connectivity index is 1.72. The van der Waals surface area contributed by atoms with Gasteiger partial charge >= 0.3 is 0 Å². The van der Waals surface area contributed by atoms with E-state index < -0.39 is 8.32 Å². The van der Waals surface area contributed by atoms with Gasteiger partial charge in [0.05, 0.1) is 112 Å². The molecule has 0 radical (unpaired) electrons. The van der Waals surface area contributed by atoms with Crippen LogP contribution in [0.4, 0.5) is 0 Å². The molecule has 0 unspecified atom stereocenters. The van der Waals surface area contributed by atoms with E-state index in [2.05, 4.69) is 50.8 Å². The van der Waals surface area contributed by atoms with Crippen LogP contribution in [0.15, 0.2) is 24.3 Å². The molecule has 0 aromatic heterocycles. The summed E-state index contributed by atoms with van der Waals surface area (Å²) in [4.78, 5) is 0. The second-order valence-corrected chi connectivity index (χ2v) is 16.7. The number of aryl methyl sites for hydroxylation is 1. The van der Waals surface area contributed by atoms with E-state index in [-0.39, 0.29) is 0 Å². The molecule has 0 amide bonds. The first-order valence-corrected chi connectivity index (χ1v) is 21.4. The van der Waals surface area contributed by atoms with Gasteiger partial charge < -0.3 is 47.1 Å². The smallest absolute Gasteiger partial charge is 0.183 e. The third-order valence-corrected chi connectivity index (χ3v) is 7.93. The van der Waals surface area contributed by atoms with Crippen LogP contribution in [0.2, 0.25) is 19.6 Å². The molecule has 1 aromatic rings. The standard InChI is InChI=1S/C36H68O10Si/c1-5-6-7-8-9-10-11-12-35-13-15-36(16-14-35)45-33-31-43-29-27-41-25-23-39-21-19-37-17-18-38-20-22-40-24-26-42-28-30-44-32-34-46-47(2,3)4/h13-16H,5-12,17-34H2,1-4H3. The largest absolute Gasteiger partial charge is 0.491 e. The monoisotopic (exact) mass is 688 g/mol. The van der Waals surface area contributed by atoms with Crippen LogP contribution in [0.5, 0.6) is 5.75 Å². The molecule has 1 aromatic carbocycles. The van der Waals surface area contributed by atoms with E-state index in [0.29, 0.717) is 119 Å². The van der Waals surface area contributed by atoms with Crippen LogP contribution in [-0.4, -0.2) is 127 Å². The zero-order valence-corrected chi connectivity index (χ0v) is 31.3. The molecule has 0 aliphatic heterocycles. The lowest BCUT2D eigenvalue weighted by Crippen LogP contribution is -2.27. The van der Waals surface area contributed by atoms with Gasteiger partial charge in [-0.3, -0.25) is 0 Å². The first kappa shape index (κ1) is 43.9. The SMILES string of the molecule is CCCCCCCCCc1ccc(OCCOCCOCCOCCOCCOCCOCCOCCOCCO[Si](C)(C)C)cc1. The van der Waals surface area contributed by atoms with Crippen LogP contribution in [0, 0.1) is 0 Å². The average molecular weight is 689 g/mol. The van der Waals surface area contributed by atoms with Crippen molar-refractivity contribution >= 4 is 8.32 Å². The summed E-state index contributed by atoms with van der Waals surface area (Å²) >= 11 is 0. The van der Waals surface area contributed by atoms with Crippen molar-refractivity contribution in [3.05, 3.63) is 29.8 Å². The molecule has 0 spiro atoms. The van der Waals surface area contributed by atoms with Crippen LogP contribution in [0.1, 0.15) is 57.4 Å². The molecular formula is C36H68O10Si. The maximum absolute atomic E-state index is 5.78. The molecule has 0 fully saturated rings. The minimum absolute atomic E-state index is 0.525. The summed E-state index contributed by atoms with van der Waals surface area (Å²) in [6.07, 6.45) is 10.5. The average Bonchev–Trinajstić information content (AvgIpc) is 3.05. The second-order valence-electron chi connectivity index (χ2n) is 12.2. The van der Waals surface area contributed by atoms with E-state index in [4.69, 9.17) is 47.1 Å². The van der Waals surface area contributed by atoms with Crippen molar-refractivity contribution < 1.29 is 47.1 Å². The van der Waals surface area contributed by atoms with Gasteiger partial charge in [0.2, 0.25) is 0 Å². The molecular weight excluding hydrogens is 620 g/mol. The first-order chi connectivity index (χ1) is 23.0. The highest BCUT2D eigenvalue weighted by atomic mass is 28.4. The van der Waals surface area contributed by atoms with Gasteiger partial charge in [-0.25, -0.2) is 0 Å². The molecule has 0 atom stereocenters. The molecule has 1 rings (SSSR count). The zero-order valence-electron chi connectivity index (χ0n) is 30.3. The predicted octanol–water partition coefficient (Wildman–Crippen LogP) is 6.34. The van der Waals surface area contributed by atoms with Gasteiger partial charge in [0.15, 0.2) is 8.32 Å². The van der Waals surface area contributed by atoms with E-state index in [1.807, 2.05) is 0 Å². The number of ether oxygens (including phenoxy) is 9. The van der Waals surface area contributed by atoms with Crippen molar-refractivity contribution in [1.82, 2.24) is 0 Å². The van der Waals surface area contributed by atoms with Crippen LogP contribution in [0.3, 0.4) is 0 Å². The fourth-order valence-electron chi connectivity index (χ4n) is 4.31. The Morgan fingerprint density at radius 1 is 0.404 bits per heavy atom. The summed E-state index contributed by atoms with van der Waals surface area (Å²) in [6, 6.07) is 8.46. The Bertz CT molecular complexity index is 763. The van der Waals surface area contributed by atoms with Crippen molar-refractivity contribution in [2.75, 3.05) is 119 Å². The lowest BCUT2D eigenvalue weighted by molar-refractivity contribution is -0.0241. The van der Waals surface area contributed by atoms with Crippen molar-refractivity contribution in [2.24, 2.45) is 0 Å². The van der Waals surface area contributed by atoms with E-state index in [0.717, 1.165) is 12.2 Å². The summed E-state index contributed by atoms with van der Waals surface area (Å²) in [5.74, 6) is 0.890. The van der Waals surface area contributed by atoms with Gasteiger partial charge in [-0.2, -0.15) is 0 Å².